The molecule has 5 nitrogen and oxygen atoms in total. The van der Waals surface area contributed by atoms with Gasteiger partial charge in [0.25, 0.3) is 0 Å². The second kappa shape index (κ2) is 8.45. The summed E-state index contributed by atoms with van der Waals surface area (Å²) < 4.78 is 11.1. The molecule has 0 radical (unpaired) electrons. The fraction of sp³-hybridized carbons (Fsp3) is 0.360. The Morgan fingerprint density at radius 1 is 1.03 bits per heavy atom. The van der Waals surface area contributed by atoms with Crippen molar-refractivity contribution in [2.75, 3.05) is 19.1 Å². The van der Waals surface area contributed by atoms with Crippen LogP contribution in [0.2, 0.25) is 10.0 Å². The zero-order valence-corrected chi connectivity index (χ0v) is 20.0. The summed E-state index contributed by atoms with van der Waals surface area (Å²) in [6, 6.07) is 10.6. The summed E-state index contributed by atoms with van der Waals surface area (Å²) in [5.41, 5.74) is 2.36. The number of ketones is 1. The fourth-order valence-corrected chi connectivity index (χ4v) is 5.30. The number of nitrogens with zero attached hydrogens (tertiary/aromatic N) is 1. The van der Waals surface area contributed by atoms with Gasteiger partial charge in [-0.25, -0.2) is 0 Å². The molecule has 168 valence electrons. The molecular weight excluding hydrogens is 449 g/mol. The number of hydrogen-bond donors (Lipinski definition) is 0. The molecule has 4 rings (SSSR count). The average Bonchev–Trinajstić information content (AvgIpc) is 2.72. The zero-order chi connectivity index (χ0) is 23.2. The molecule has 0 N–H and O–H groups in total. The Bertz CT molecular complexity index is 1140. The van der Waals surface area contributed by atoms with Crippen molar-refractivity contribution in [1.29, 1.82) is 0 Å². The highest BCUT2D eigenvalue weighted by molar-refractivity contribution is 6.37. The number of carbonyl (C=O) groups excluding carboxylic acids is 2. The topological polar surface area (TPSA) is 55.8 Å². The minimum atomic E-state index is -0.423. The molecule has 0 bridgehead atoms. The van der Waals surface area contributed by atoms with Crippen LogP contribution in [0.25, 0.3) is 0 Å². The Labute approximate surface area is 197 Å². The number of anilines is 1. The molecule has 1 aliphatic carbocycles. The predicted molar refractivity (Wildman–Crippen MR) is 126 cm³/mol. The number of rotatable bonds is 4. The number of amides is 1. The summed E-state index contributed by atoms with van der Waals surface area (Å²) in [5, 5.41) is 0.849. The highest BCUT2D eigenvalue weighted by atomic mass is 35.5. The first-order valence-electron chi connectivity index (χ1n) is 10.4. The lowest BCUT2D eigenvalue weighted by molar-refractivity contribution is -0.121. The molecule has 2 aromatic rings. The molecule has 0 spiro atoms. The molecule has 2 aromatic carbocycles. The Kier molecular flexibility index (Phi) is 5.99. The first-order chi connectivity index (χ1) is 15.2. The number of allylic oxidation sites excluding steroid dienone is 2. The highest BCUT2D eigenvalue weighted by Gasteiger charge is 2.45. The van der Waals surface area contributed by atoms with Crippen molar-refractivity contribution in [3.8, 4) is 11.5 Å². The van der Waals surface area contributed by atoms with Crippen LogP contribution in [0.3, 0.4) is 0 Å². The van der Waals surface area contributed by atoms with E-state index >= 15 is 0 Å². The summed E-state index contributed by atoms with van der Waals surface area (Å²) in [4.78, 5) is 28.6. The molecule has 0 saturated carbocycles. The lowest BCUT2D eigenvalue weighted by Crippen LogP contribution is -2.43. The van der Waals surface area contributed by atoms with Gasteiger partial charge in [-0.05, 0) is 36.1 Å². The van der Waals surface area contributed by atoms with E-state index in [0.29, 0.717) is 51.3 Å². The summed E-state index contributed by atoms with van der Waals surface area (Å²) >= 11 is 12.6. The second-order valence-corrected chi connectivity index (χ2v) is 9.81. The first kappa shape index (κ1) is 22.7. The van der Waals surface area contributed by atoms with Crippen molar-refractivity contribution >= 4 is 40.6 Å². The Morgan fingerprint density at radius 2 is 1.78 bits per heavy atom. The molecule has 1 aliphatic heterocycles. The molecule has 0 aromatic heterocycles. The number of Topliss-reactive ketones (excluding diaryl/α,β-unsaturated/α-hetero) is 1. The summed E-state index contributed by atoms with van der Waals surface area (Å²) in [6.07, 6.45) is 1.10. The van der Waals surface area contributed by atoms with Crippen LogP contribution in [0.4, 0.5) is 5.69 Å². The summed E-state index contributed by atoms with van der Waals surface area (Å²) in [6.45, 7) is 4.08. The Balaban J connectivity index is 1.95. The van der Waals surface area contributed by atoms with E-state index in [-0.39, 0.29) is 23.5 Å². The molecule has 32 heavy (non-hydrogen) atoms. The van der Waals surface area contributed by atoms with Crippen LogP contribution >= 0.6 is 23.2 Å². The molecule has 2 aliphatic rings. The molecule has 0 saturated heterocycles. The third-order valence-electron chi connectivity index (χ3n) is 6.10. The van der Waals surface area contributed by atoms with Gasteiger partial charge in [-0.3, -0.25) is 14.5 Å². The maximum atomic E-state index is 13.6. The van der Waals surface area contributed by atoms with Gasteiger partial charge in [-0.15, -0.1) is 0 Å². The molecule has 1 heterocycles. The summed E-state index contributed by atoms with van der Waals surface area (Å²) in [5.74, 6) is 0.581. The number of benzene rings is 2. The number of hydrogen-bond acceptors (Lipinski definition) is 4. The molecule has 0 fully saturated rings. The van der Waals surface area contributed by atoms with Gasteiger partial charge in [0.2, 0.25) is 5.91 Å². The lowest BCUT2D eigenvalue weighted by atomic mass is 9.69. The zero-order valence-electron chi connectivity index (χ0n) is 18.5. The molecule has 7 heteroatoms. The second-order valence-electron chi connectivity index (χ2n) is 8.97. The van der Waals surface area contributed by atoms with Crippen LogP contribution in [0.15, 0.2) is 47.7 Å². The normalized spacial score (nSPS) is 20.3. The monoisotopic (exact) mass is 473 g/mol. The number of para-hydroxylation sites is 1. The van der Waals surface area contributed by atoms with Crippen molar-refractivity contribution in [3.63, 3.8) is 0 Å². The highest BCUT2D eigenvalue weighted by Crippen LogP contribution is 2.51. The van der Waals surface area contributed by atoms with Crippen LogP contribution in [0.1, 0.15) is 44.6 Å². The number of ether oxygens (including phenoxy) is 2. The van der Waals surface area contributed by atoms with Crippen molar-refractivity contribution < 1.29 is 19.1 Å². The van der Waals surface area contributed by atoms with E-state index in [1.54, 1.807) is 43.4 Å². The van der Waals surface area contributed by atoms with Crippen LogP contribution in [0.5, 0.6) is 11.5 Å². The first-order valence-corrected chi connectivity index (χ1v) is 11.2. The van der Waals surface area contributed by atoms with Gasteiger partial charge < -0.3 is 9.47 Å². The van der Waals surface area contributed by atoms with E-state index in [9.17, 15) is 9.59 Å². The largest absolute Gasteiger partial charge is 0.493 e. The van der Waals surface area contributed by atoms with E-state index < -0.39 is 5.92 Å². The van der Waals surface area contributed by atoms with Crippen molar-refractivity contribution in [2.45, 2.75) is 39.0 Å². The van der Waals surface area contributed by atoms with E-state index in [1.807, 2.05) is 26.0 Å². The van der Waals surface area contributed by atoms with Crippen molar-refractivity contribution in [1.82, 2.24) is 0 Å². The quantitative estimate of drug-likeness (QED) is 0.532. The van der Waals surface area contributed by atoms with Gasteiger partial charge in [-0.1, -0.05) is 49.2 Å². The van der Waals surface area contributed by atoms with Crippen molar-refractivity contribution in [2.24, 2.45) is 5.41 Å². The van der Waals surface area contributed by atoms with Gasteiger partial charge in [0.15, 0.2) is 17.3 Å². The van der Waals surface area contributed by atoms with E-state index in [2.05, 4.69) is 0 Å². The molecule has 1 amide bonds. The molecule has 1 atom stereocenters. The van der Waals surface area contributed by atoms with Crippen molar-refractivity contribution in [3.05, 3.63) is 63.3 Å². The molecular formula is C25H25Cl2NO4. The van der Waals surface area contributed by atoms with E-state index in [0.717, 1.165) is 5.56 Å². The van der Waals surface area contributed by atoms with E-state index in [4.69, 9.17) is 32.7 Å². The Hall–Kier alpha value is -2.50. The maximum Gasteiger partial charge on any atom is 0.232 e. The fourth-order valence-electron chi connectivity index (χ4n) is 4.81. The van der Waals surface area contributed by atoms with Crippen LogP contribution in [0, 0.1) is 5.41 Å². The van der Waals surface area contributed by atoms with E-state index in [1.165, 1.54) is 0 Å². The third-order valence-corrected chi connectivity index (χ3v) is 6.64. The minimum absolute atomic E-state index is 0.0358. The van der Waals surface area contributed by atoms with Gasteiger partial charge in [0, 0.05) is 40.6 Å². The smallest absolute Gasteiger partial charge is 0.232 e. The molecule has 1 unspecified atom stereocenters. The van der Waals surface area contributed by atoms with Crippen LogP contribution in [-0.2, 0) is 9.59 Å². The standard InChI is InChI=1S/C25H25Cl2NO4/c1-25(2)12-19-23(20(29)13-25)16(15-6-5-7-21(31-3)24(15)32-4)11-22(30)28(19)18-9-8-14(26)10-17(18)27/h5-10,16H,11-13H2,1-4H3. The number of halogens is 2. The SMILES string of the molecule is COc1cccc(C2CC(=O)N(c3ccc(Cl)cc3Cl)C3=C2C(=O)CC(C)(C)C3)c1OC. The van der Waals surface area contributed by atoms with Crippen LogP contribution < -0.4 is 14.4 Å². The van der Waals surface area contributed by atoms with Gasteiger partial charge >= 0.3 is 0 Å². The Morgan fingerprint density at radius 3 is 2.44 bits per heavy atom. The summed E-state index contributed by atoms with van der Waals surface area (Å²) in [7, 11) is 3.13. The van der Waals surface area contributed by atoms with Gasteiger partial charge in [-0.2, -0.15) is 0 Å². The lowest BCUT2D eigenvalue weighted by Gasteiger charge is -2.43. The average molecular weight is 474 g/mol. The van der Waals surface area contributed by atoms with Gasteiger partial charge in [0.1, 0.15) is 0 Å². The maximum absolute atomic E-state index is 13.6. The minimum Gasteiger partial charge on any atom is -0.493 e. The van der Waals surface area contributed by atoms with Crippen LogP contribution in [-0.4, -0.2) is 25.9 Å². The number of carbonyl (C=O) groups is 2. The third kappa shape index (κ3) is 3.89. The number of methoxy groups -OCH3 is 2. The van der Waals surface area contributed by atoms with Gasteiger partial charge in [0.05, 0.1) is 24.9 Å². The predicted octanol–water partition coefficient (Wildman–Crippen LogP) is 6.17.